The molecule has 1 saturated heterocycles. The Morgan fingerprint density at radius 3 is 2.00 bits per heavy atom. The normalized spacial score (nSPS) is 13.6. The minimum Gasteiger partial charge on any atom is -0.352 e. The van der Waals surface area contributed by atoms with Crippen LogP contribution in [0.5, 0.6) is 0 Å². The lowest BCUT2D eigenvalue weighted by Crippen LogP contribution is -2.49. The fourth-order valence-electron chi connectivity index (χ4n) is 3.80. The maximum atomic E-state index is 12.9. The first-order valence-corrected chi connectivity index (χ1v) is 10.6. The summed E-state index contributed by atoms with van der Waals surface area (Å²) in [6, 6.07) is 12.9. The zero-order chi connectivity index (χ0) is 24.4. The van der Waals surface area contributed by atoms with Gasteiger partial charge in [0.25, 0.3) is 17.3 Å². The molecule has 34 heavy (non-hydrogen) atoms. The van der Waals surface area contributed by atoms with Crippen molar-refractivity contribution < 1.29 is 14.6 Å². The molecule has 0 aliphatic carbocycles. The highest BCUT2D eigenvalue weighted by atomic mass is 16.6. The van der Waals surface area contributed by atoms with E-state index in [0.29, 0.717) is 32.0 Å². The Morgan fingerprint density at radius 1 is 0.824 bits per heavy atom. The summed E-state index contributed by atoms with van der Waals surface area (Å²) in [5.74, 6) is 0.202. The largest absolute Gasteiger partial charge is 0.352 e. The lowest BCUT2D eigenvalue weighted by molar-refractivity contribution is -0.394. The van der Waals surface area contributed by atoms with Crippen molar-refractivity contribution in [1.29, 1.82) is 0 Å². The van der Waals surface area contributed by atoms with Crippen LogP contribution in [0.25, 0.3) is 11.3 Å². The summed E-state index contributed by atoms with van der Waals surface area (Å²) in [6.45, 7) is 5.76. The van der Waals surface area contributed by atoms with Gasteiger partial charge in [0.1, 0.15) is 0 Å². The summed E-state index contributed by atoms with van der Waals surface area (Å²) in [6.07, 6.45) is 0. The Balaban J connectivity index is 1.44. The smallest absolute Gasteiger partial charge is 0.277 e. The number of nitro benzene ring substituents is 2. The van der Waals surface area contributed by atoms with Crippen molar-refractivity contribution in [2.75, 3.05) is 31.1 Å². The Labute approximate surface area is 194 Å². The van der Waals surface area contributed by atoms with E-state index < -0.39 is 27.1 Å². The molecule has 1 fully saturated rings. The first kappa shape index (κ1) is 22.8. The van der Waals surface area contributed by atoms with Crippen LogP contribution >= 0.6 is 0 Å². The third-order valence-corrected chi connectivity index (χ3v) is 5.92. The molecule has 1 aliphatic rings. The third kappa shape index (κ3) is 4.68. The van der Waals surface area contributed by atoms with Crippen LogP contribution < -0.4 is 4.90 Å². The van der Waals surface area contributed by atoms with Crippen LogP contribution in [0.15, 0.2) is 48.5 Å². The number of anilines is 1. The van der Waals surface area contributed by atoms with Gasteiger partial charge in [0.15, 0.2) is 5.82 Å². The number of aromatic nitrogens is 2. The van der Waals surface area contributed by atoms with Gasteiger partial charge in [-0.15, -0.1) is 10.2 Å². The van der Waals surface area contributed by atoms with Gasteiger partial charge in [0.2, 0.25) is 0 Å². The SMILES string of the molecule is Cc1ccc(-c2ccc(N3CCN(C(=O)c4cc([N+](=O)[O-])cc([N+](=O)[O-])c4)CC3)nn2)cc1C. The number of hydrogen-bond donors (Lipinski definition) is 0. The Hall–Kier alpha value is -4.41. The van der Waals surface area contributed by atoms with Crippen LogP contribution in [-0.2, 0) is 0 Å². The van der Waals surface area contributed by atoms with E-state index >= 15 is 0 Å². The van der Waals surface area contributed by atoms with Crippen LogP contribution in [0.3, 0.4) is 0 Å². The number of rotatable bonds is 5. The van der Waals surface area contributed by atoms with Gasteiger partial charge >= 0.3 is 0 Å². The van der Waals surface area contributed by atoms with Gasteiger partial charge in [0.05, 0.1) is 27.2 Å². The first-order valence-electron chi connectivity index (χ1n) is 10.6. The molecule has 1 aromatic heterocycles. The number of non-ortho nitro benzene ring substituents is 2. The van der Waals surface area contributed by atoms with Crippen molar-refractivity contribution in [3.05, 3.63) is 85.4 Å². The number of aryl methyl sites for hydroxylation is 2. The Kier molecular flexibility index (Phi) is 6.17. The van der Waals surface area contributed by atoms with Gasteiger partial charge in [-0.05, 0) is 43.2 Å². The van der Waals surface area contributed by atoms with E-state index in [-0.39, 0.29) is 5.56 Å². The van der Waals surface area contributed by atoms with E-state index in [1.54, 1.807) is 0 Å². The maximum absolute atomic E-state index is 12.9. The van der Waals surface area contributed by atoms with E-state index in [0.717, 1.165) is 29.5 Å². The monoisotopic (exact) mass is 462 g/mol. The van der Waals surface area contributed by atoms with Crippen molar-refractivity contribution >= 4 is 23.1 Å². The first-order chi connectivity index (χ1) is 16.2. The van der Waals surface area contributed by atoms with Crippen molar-refractivity contribution in [2.45, 2.75) is 13.8 Å². The van der Waals surface area contributed by atoms with Crippen LogP contribution in [0.1, 0.15) is 21.5 Å². The molecule has 0 N–H and O–H groups in total. The standard InChI is InChI=1S/C23H22N6O5/c1-15-3-4-17(11-16(15)2)21-5-6-22(25-24-21)26-7-9-27(10-8-26)23(30)18-12-19(28(31)32)14-20(13-18)29(33)34/h3-6,11-14H,7-10H2,1-2H3. The summed E-state index contributed by atoms with van der Waals surface area (Å²) in [5.41, 5.74) is 3.09. The predicted octanol–water partition coefficient (Wildman–Crippen LogP) is 3.54. The number of nitro groups is 2. The highest BCUT2D eigenvalue weighted by molar-refractivity contribution is 5.95. The van der Waals surface area contributed by atoms with Gasteiger partial charge in [-0.3, -0.25) is 25.0 Å². The molecule has 1 amide bonds. The van der Waals surface area contributed by atoms with Crippen molar-refractivity contribution in [2.24, 2.45) is 0 Å². The average Bonchev–Trinajstić information content (AvgIpc) is 2.85. The van der Waals surface area contributed by atoms with Gasteiger partial charge < -0.3 is 9.80 Å². The molecule has 0 bridgehead atoms. The quantitative estimate of drug-likeness (QED) is 0.415. The zero-order valence-electron chi connectivity index (χ0n) is 18.7. The molecule has 3 aromatic rings. The topological polar surface area (TPSA) is 136 Å². The average molecular weight is 462 g/mol. The zero-order valence-corrected chi connectivity index (χ0v) is 18.7. The van der Waals surface area contributed by atoms with Crippen molar-refractivity contribution in [3.63, 3.8) is 0 Å². The van der Waals surface area contributed by atoms with E-state index in [9.17, 15) is 25.0 Å². The molecule has 2 heterocycles. The summed E-state index contributed by atoms with van der Waals surface area (Å²) >= 11 is 0. The number of benzene rings is 2. The van der Waals surface area contributed by atoms with E-state index in [4.69, 9.17) is 0 Å². The number of amides is 1. The second-order valence-electron chi connectivity index (χ2n) is 8.11. The molecule has 0 saturated carbocycles. The number of nitrogens with zero attached hydrogens (tertiary/aromatic N) is 6. The van der Waals surface area contributed by atoms with Crippen LogP contribution in [0, 0.1) is 34.1 Å². The Bertz CT molecular complexity index is 1240. The van der Waals surface area contributed by atoms with Crippen molar-refractivity contribution in [1.82, 2.24) is 15.1 Å². The summed E-state index contributed by atoms with van der Waals surface area (Å²) in [7, 11) is 0. The number of carbonyl (C=O) groups is 1. The minimum atomic E-state index is -0.748. The maximum Gasteiger partial charge on any atom is 0.277 e. The molecule has 11 nitrogen and oxygen atoms in total. The molecule has 4 rings (SSSR count). The highest BCUT2D eigenvalue weighted by Gasteiger charge is 2.26. The second kappa shape index (κ2) is 9.22. The van der Waals surface area contributed by atoms with Gasteiger partial charge in [0, 0.05) is 43.9 Å². The summed E-state index contributed by atoms with van der Waals surface area (Å²) in [5, 5.41) is 30.9. The van der Waals surface area contributed by atoms with Gasteiger partial charge in [-0.25, -0.2) is 0 Å². The lowest BCUT2D eigenvalue weighted by atomic mass is 10.0. The molecule has 0 spiro atoms. The third-order valence-electron chi connectivity index (χ3n) is 5.92. The molecular formula is C23H22N6O5. The van der Waals surface area contributed by atoms with E-state index in [1.807, 2.05) is 36.1 Å². The highest BCUT2D eigenvalue weighted by Crippen LogP contribution is 2.25. The predicted molar refractivity (Wildman–Crippen MR) is 125 cm³/mol. The molecule has 1 aliphatic heterocycles. The molecule has 0 unspecified atom stereocenters. The van der Waals surface area contributed by atoms with Gasteiger partial charge in [-0.2, -0.15) is 0 Å². The summed E-state index contributed by atoms with van der Waals surface area (Å²) < 4.78 is 0. The molecule has 0 atom stereocenters. The van der Waals surface area contributed by atoms with Crippen LogP contribution in [0.2, 0.25) is 0 Å². The fraction of sp³-hybridized carbons (Fsp3) is 0.261. The molecule has 0 radical (unpaired) electrons. The summed E-state index contributed by atoms with van der Waals surface area (Å²) in [4.78, 5) is 37.1. The van der Waals surface area contributed by atoms with E-state index in [1.165, 1.54) is 16.0 Å². The van der Waals surface area contributed by atoms with Crippen LogP contribution in [-0.4, -0.2) is 57.0 Å². The molecule has 11 heteroatoms. The van der Waals surface area contributed by atoms with Gasteiger partial charge in [-0.1, -0.05) is 12.1 Å². The van der Waals surface area contributed by atoms with Crippen molar-refractivity contribution in [3.8, 4) is 11.3 Å². The molecule has 174 valence electrons. The number of carbonyl (C=O) groups excluding carboxylic acids is 1. The fourth-order valence-corrected chi connectivity index (χ4v) is 3.80. The second-order valence-corrected chi connectivity index (χ2v) is 8.11. The Morgan fingerprint density at radius 2 is 1.47 bits per heavy atom. The molecule has 2 aromatic carbocycles. The van der Waals surface area contributed by atoms with E-state index in [2.05, 4.69) is 23.2 Å². The number of hydrogen-bond acceptors (Lipinski definition) is 8. The number of piperazine rings is 1. The minimum absolute atomic E-state index is 0.0770. The lowest BCUT2D eigenvalue weighted by Gasteiger charge is -2.35. The molecular weight excluding hydrogens is 440 g/mol. The van der Waals surface area contributed by atoms with Crippen LogP contribution in [0.4, 0.5) is 17.2 Å².